The van der Waals surface area contributed by atoms with E-state index < -0.39 is 23.4 Å². The third kappa shape index (κ3) is 3.55. The van der Waals surface area contributed by atoms with Crippen LogP contribution in [0.15, 0.2) is 109 Å². The van der Waals surface area contributed by atoms with Crippen molar-refractivity contribution in [2.24, 2.45) is 5.92 Å². The van der Waals surface area contributed by atoms with Crippen LogP contribution in [0.1, 0.15) is 43.4 Å². The van der Waals surface area contributed by atoms with Crippen molar-refractivity contribution in [1.29, 1.82) is 5.26 Å². The van der Waals surface area contributed by atoms with Gasteiger partial charge in [-0.25, -0.2) is 0 Å². The first kappa shape index (κ1) is 25.5. The molecule has 1 spiro atoms. The van der Waals surface area contributed by atoms with E-state index in [-0.39, 0.29) is 35.4 Å². The summed E-state index contributed by atoms with van der Waals surface area (Å²) in [5, 5.41) is 12.2. The van der Waals surface area contributed by atoms with E-state index in [1.807, 2.05) is 77.8 Å². The van der Waals surface area contributed by atoms with Crippen molar-refractivity contribution in [3.05, 3.63) is 137 Å². The number of rotatable bonds is 6. The van der Waals surface area contributed by atoms with Crippen LogP contribution in [0.4, 0.5) is 5.69 Å². The van der Waals surface area contributed by atoms with Crippen molar-refractivity contribution in [2.75, 3.05) is 11.9 Å². The average Bonchev–Trinajstić information content (AvgIpc) is 3.52. The standard InChI is InChI=1S/C35H25N3O4/c36-19-21-42-28-17-9-6-14-25(28)32(40)30-29(31(39)23-11-2-1-3-12-23)35(26-15-7-8-16-27(26)37-34(35)41)33-24-13-5-4-10-22(24)18-20-38(30)33/h1-18,20,29-30,33H,21H2,(H,37,41)/t29-,30-,33-,35-/m1/s1. The molecule has 0 bridgehead atoms. The van der Waals surface area contributed by atoms with E-state index in [1.165, 1.54) is 0 Å². The Morgan fingerprint density at radius 3 is 2.43 bits per heavy atom. The number of carbonyl (C=O) groups excluding carboxylic acids is 3. The zero-order chi connectivity index (χ0) is 28.8. The molecule has 3 aliphatic rings. The SMILES string of the molecule is N#CCOc1ccccc1C(=O)[C@H]1[C@H](C(=O)c2ccccc2)[C@@]2(C(=O)Nc3ccccc32)[C@H]2c3ccccc3C=CN12. The summed E-state index contributed by atoms with van der Waals surface area (Å²) < 4.78 is 5.65. The first-order chi connectivity index (χ1) is 20.6. The molecule has 0 aromatic heterocycles. The van der Waals surface area contributed by atoms with Crippen molar-refractivity contribution in [3.8, 4) is 11.8 Å². The molecule has 1 fully saturated rings. The highest BCUT2D eigenvalue weighted by Crippen LogP contribution is 2.62. The molecule has 1 amide bonds. The Bertz CT molecular complexity index is 1830. The van der Waals surface area contributed by atoms with Gasteiger partial charge < -0.3 is 15.0 Å². The number of benzene rings is 4. The van der Waals surface area contributed by atoms with Gasteiger partial charge in [0.05, 0.1) is 17.5 Å². The quantitative estimate of drug-likeness (QED) is 0.315. The van der Waals surface area contributed by atoms with E-state index in [0.717, 1.165) is 11.1 Å². The topological polar surface area (TPSA) is 99.5 Å². The largest absolute Gasteiger partial charge is 0.478 e. The molecule has 7 nitrogen and oxygen atoms in total. The Morgan fingerprint density at radius 1 is 0.881 bits per heavy atom. The van der Waals surface area contributed by atoms with Crippen LogP contribution < -0.4 is 10.1 Å². The summed E-state index contributed by atoms with van der Waals surface area (Å²) in [5.74, 6) is -1.80. The van der Waals surface area contributed by atoms with Gasteiger partial charge in [-0.3, -0.25) is 14.4 Å². The summed E-state index contributed by atoms with van der Waals surface area (Å²) in [6.45, 7) is -0.235. The van der Waals surface area contributed by atoms with Crippen molar-refractivity contribution in [1.82, 2.24) is 4.90 Å². The lowest BCUT2D eigenvalue weighted by atomic mass is 9.62. The molecule has 7 rings (SSSR count). The van der Waals surface area contributed by atoms with Crippen LogP contribution in [0.25, 0.3) is 6.08 Å². The maximum atomic E-state index is 14.8. The van der Waals surface area contributed by atoms with Crippen LogP contribution >= 0.6 is 0 Å². The Morgan fingerprint density at radius 2 is 1.60 bits per heavy atom. The molecule has 0 aliphatic carbocycles. The summed E-state index contributed by atoms with van der Waals surface area (Å²) in [5.41, 5.74) is 2.36. The zero-order valence-corrected chi connectivity index (χ0v) is 22.4. The average molecular weight is 552 g/mol. The minimum absolute atomic E-state index is 0.235. The van der Waals surface area contributed by atoms with Gasteiger partial charge >= 0.3 is 0 Å². The van der Waals surface area contributed by atoms with Gasteiger partial charge in [-0.1, -0.05) is 84.9 Å². The second-order valence-electron chi connectivity index (χ2n) is 10.6. The molecule has 204 valence electrons. The summed E-state index contributed by atoms with van der Waals surface area (Å²) in [6.07, 6.45) is 3.76. The third-order valence-electron chi connectivity index (χ3n) is 8.62. The molecule has 3 heterocycles. The Kier molecular flexibility index (Phi) is 5.98. The Hall–Kier alpha value is -5.48. The van der Waals surface area contributed by atoms with Crippen LogP contribution in [0.5, 0.6) is 5.75 Å². The van der Waals surface area contributed by atoms with Crippen molar-refractivity contribution in [3.63, 3.8) is 0 Å². The molecule has 4 aromatic rings. The van der Waals surface area contributed by atoms with Crippen molar-refractivity contribution >= 4 is 29.2 Å². The normalized spacial score (nSPS) is 23.0. The van der Waals surface area contributed by atoms with E-state index >= 15 is 0 Å². The van der Waals surface area contributed by atoms with E-state index in [0.29, 0.717) is 16.8 Å². The number of amides is 1. The number of nitrogens with zero attached hydrogens (tertiary/aromatic N) is 2. The fourth-order valence-corrected chi connectivity index (χ4v) is 7.02. The molecule has 7 heteroatoms. The highest BCUT2D eigenvalue weighted by Gasteiger charge is 2.70. The van der Waals surface area contributed by atoms with Gasteiger partial charge in [0.1, 0.15) is 23.3 Å². The Labute approximate surface area is 242 Å². The van der Waals surface area contributed by atoms with E-state index in [4.69, 9.17) is 10.00 Å². The van der Waals surface area contributed by atoms with Gasteiger partial charge in [0, 0.05) is 17.5 Å². The van der Waals surface area contributed by atoms with E-state index in [9.17, 15) is 14.4 Å². The number of hydrogen-bond acceptors (Lipinski definition) is 6. The molecule has 1 N–H and O–H groups in total. The summed E-state index contributed by atoms with van der Waals surface area (Å²) in [6, 6.07) is 31.0. The van der Waals surface area contributed by atoms with E-state index in [1.54, 1.807) is 48.5 Å². The number of carbonyl (C=O) groups is 3. The fraction of sp³-hybridized carbons (Fsp3) is 0.143. The summed E-state index contributed by atoms with van der Waals surface area (Å²) >= 11 is 0. The third-order valence-corrected chi connectivity index (χ3v) is 8.62. The summed E-state index contributed by atoms with van der Waals surface area (Å²) in [4.78, 5) is 45.9. The molecular formula is C35H25N3O4. The smallest absolute Gasteiger partial charge is 0.238 e. The van der Waals surface area contributed by atoms with Crippen LogP contribution in [-0.2, 0) is 10.2 Å². The number of Topliss-reactive ketones (excluding diaryl/α,β-unsaturated/α-hetero) is 2. The number of ketones is 2. The monoisotopic (exact) mass is 551 g/mol. The molecular weight excluding hydrogens is 526 g/mol. The number of para-hydroxylation sites is 2. The molecule has 42 heavy (non-hydrogen) atoms. The predicted octanol–water partition coefficient (Wildman–Crippen LogP) is 5.57. The minimum Gasteiger partial charge on any atom is -0.478 e. The number of ether oxygens (including phenoxy) is 1. The van der Waals surface area contributed by atoms with Gasteiger partial charge in [0.2, 0.25) is 5.91 Å². The molecule has 4 atom stereocenters. The van der Waals surface area contributed by atoms with Gasteiger partial charge in [0.25, 0.3) is 0 Å². The van der Waals surface area contributed by atoms with E-state index in [2.05, 4.69) is 5.32 Å². The number of nitriles is 1. The highest BCUT2D eigenvalue weighted by molar-refractivity contribution is 6.17. The number of fused-ring (bicyclic) bond motifs is 6. The van der Waals surface area contributed by atoms with Crippen LogP contribution in [0.2, 0.25) is 0 Å². The molecule has 0 unspecified atom stereocenters. The van der Waals surface area contributed by atoms with Crippen LogP contribution in [0.3, 0.4) is 0 Å². The minimum atomic E-state index is -1.41. The fourth-order valence-electron chi connectivity index (χ4n) is 7.02. The molecule has 3 aliphatic heterocycles. The van der Waals surface area contributed by atoms with Crippen LogP contribution in [-0.4, -0.2) is 35.0 Å². The van der Waals surface area contributed by atoms with Gasteiger partial charge in [-0.15, -0.1) is 0 Å². The van der Waals surface area contributed by atoms with Crippen LogP contribution in [0, 0.1) is 17.2 Å². The lowest BCUT2D eigenvalue weighted by Crippen LogP contribution is -2.49. The van der Waals surface area contributed by atoms with Crippen molar-refractivity contribution in [2.45, 2.75) is 17.5 Å². The Balaban J connectivity index is 1.52. The van der Waals surface area contributed by atoms with Gasteiger partial charge in [0.15, 0.2) is 18.2 Å². The number of hydrogen-bond donors (Lipinski definition) is 1. The first-order valence-corrected chi connectivity index (χ1v) is 13.7. The second-order valence-corrected chi connectivity index (χ2v) is 10.6. The first-order valence-electron chi connectivity index (χ1n) is 13.7. The second kappa shape index (κ2) is 9.86. The van der Waals surface area contributed by atoms with Gasteiger partial charge in [-0.2, -0.15) is 5.26 Å². The highest BCUT2D eigenvalue weighted by atomic mass is 16.5. The maximum absolute atomic E-state index is 14.8. The molecule has 4 aromatic carbocycles. The lowest BCUT2D eigenvalue weighted by molar-refractivity contribution is -0.122. The maximum Gasteiger partial charge on any atom is 0.238 e. The van der Waals surface area contributed by atoms with Crippen molar-refractivity contribution < 1.29 is 19.1 Å². The van der Waals surface area contributed by atoms with Gasteiger partial charge in [-0.05, 0) is 41.0 Å². The molecule has 0 radical (unpaired) electrons. The number of anilines is 1. The molecule has 1 saturated heterocycles. The lowest BCUT2D eigenvalue weighted by Gasteiger charge is -2.38. The predicted molar refractivity (Wildman–Crippen MR) is 157 cm³/mol. The number of nitrogens with one attached hydrogen (secondary N) is 1. The zero-order valence-electron chi connectivity index (χ0n) is 22.4. The summed E-state index contributed by atoms with van der Waals surface area (Å²) in [7, 11) is 0. The molecule has 0 saturated carbocycles.